The van der Waals surface area contributed by atoms with E-state index in [4.69, 9.17) is 0 Å². The number of benzene rings is 1. The van der Waals surface area contributed by atoms with E-state index >= 15 is 0 Å². The zero-order valence-electron chi connectivity index (χ0n) is 8.76. The standard InChI is InChI=1S/C12H18S/c1-4-5-8-13-12-7-6-10(2)11(3)9-12/h6-7,9H,4-5,8H2,1-3H3. The Morgan fingerprint density at radius 2 is 1.92 bits per heavy atom. The molecule has 1 heteroatoms. The summed E-state index contributed by atoms with van der Waals surface area (Å²) in [5.74, 6) is 1.25. The lowest BCUT2D eigenvalue weighted by atomic mass is 10.1. The molecule has 0 nitrogen and oxygen atoms in total. The monoisotopic (exact) mass is 194 g/mol. The molecule has 0 aliphatic rings. The molecule has 72 valence electrons. The second kappa shape index (κ2) is 5.33. The van der Waals surface area contributed by atoms with Crippen molar-refractivity contribution < 1.29 is 0 Å². The van der Waals surface area contributed by atoms with Crippen LogP contribution in [-0.4, -0.2) is 5.75 Å². The van der Waals surface area contributed by atoms with Gasteiger partial charge in [0.25, 0.3) is 0 Å². The van der Waals surface area contributed by atoms with Crippen molar-refractivity contribution in [2.75, 3.05) is 5.75 Å². The molecular weight excluding hydrogens is 176 g/mol. The summed E-state index contributed by atoms with van der Waals surface area (Å²) >= 11 is 1.97. The summed E-state index contributed by atoms with van der Waals surface area (Å²) in [5.41, 5.74) is 2.79. The van der Waals surface area contributed by atoms with Gasteiger partial charge in [0.05, 0.1) is 0 Å². The topological polar surface area (TPSA) is 0 Å². The van der Waals surface area contributed by atoms with E-state index in [0.29, 0.717) is 0 Å². The van der Waals surface area contributed by atoms with E-state index < -0.39 is 0 Å². The first-order chi connectivity index (χ1) is 6.24. The third kappa shape index (κ3) is 3.43. The fourth-order valence-corrected chi connectivity index (χ4v) is 2.23. The summed E-state index contributed by atoms with van der Waals surface area (Å²) in [7, 11) is 0. The van der Waals surface area contributed by atoms with Crippen LogP contribution in [0.2, 0.25) is 0 Å². The molecular formula is C12H18S. The minimum absolute atomic E-state index is 1.25. The van der Waals surface area contributed by atoms with Gasteiger partial charge in [-0.1, -0.05) is 19.4 Å². The Kier molecular flexibility index (Phi) is 4.37. The van der Waals surface area contributed by atoms with Gasteiger partial charge in [-0.05, 0) is 49.3 Å². The van der Waals surface area contributed by atoms with E-state index in [1.165, 1.54) is 34.6 Å². The van der Waals surface area contributed by atoms with Crippen LogP contribution in [0.25, 0.3) is 0 Å². The molecule has 0 saturated carbocycles. The van der Waals surface area contributed by atoms with Crippen LogP contribution in [-0.2, 0) is 0 Å². The van der Waals surface area contributed by atoms with Gasteiger partial charge in [0, 0.05) is 4.90 Å². The van der Waals surface area contributed by atoms with Gasteiger partial charge in [-0.3, -0.25) is 0 Å². The maximum Gasteiger partial charge on any atom is 0.00747 e. The Bertz CT molecular complexity index is 266. The molecule has 0 bridgehead atoms. The Morgan fingerprint density at radius 1 is 1.15 bits per heavy atom. The summed E-state index contributed by atoms with van der Waals surface area (Å²) in [6, 6.07) is 6.72. The lowest BCUT2D eigenvalue weighted by Gasteiger charge is -2.04. The number of thioether (sulfide) groups is 1. The van der Waals surface area contributed by atoms with Crippen LogP contribution < -0.4 is 0 Å². The molecule has 0 radical (unpaired) electrons. The van der Waals surface area contributed by atoms with E-state index in [-0.39, 0.29) is 0 Å². The molecule has 0 aliphatic heterocycles. The first-order valence-electron chi connectivity index (χ1n) is 4.94. The van der Waals surface area contributed by atoms with Gasteiger partial charge >= 0.3 is 0 Å². The van der Waals surface area contributed by atoms with Gasteiger partial charge in [-0.15, -0.1) is 11.8 Å². The largest absolute Gasteiger partial charge is 0.126 e. The third-order valence-electron chi connectivity index (χ3n) is 2.24. The van der Waals surface area contributed by atoms with Crippen molar-refractivity contribution in [1.82, 2.24) is 0 Å². The molecule has 0 aromatic heterocycles. The molecule has 0 spiro atoms. The molecule has 0 N–H and O–H groups in total. The molecule has 0 unspecified atom stereocenters. The highest BCUT2D eigenvalue weighted by Gasteiger charge is 1.96. The maximum atomic E-state index is 2.29. The highest BCUT2D eigenvalue weighted by molar-refractivity contribution is 7.99. The minimum Gasteiger partial charge on any atom is -0.126 e. The molecule has 13 heavy (non-hydrogen) atoms. The zero-order chi connectivity index (χ0) is 9.68. The predicted molar refractivity (Wildman–Crippen MR) is 61.5 cm³/mol. The molecule has 0 amide bonds. The Balaban J connectivity index is 2.53. The van der Waals surface area contributed by atoms with Crippen molar-refractivity contribution in [3.63, 3.8) is 0 Å². The average molecular weight is 194 g/mol. The lowest BCUT2D eigenvalue weighted by molar-refractivity contribution is 0.896. The van der Waals surface area contributed by atoms with Crippen LogP contribution in [0.5, 0.6) is 0 Å². The van der Waals surface area contributed by atoms with Crippen molar-refractivity contribution in [2.24, 2.45) is 0 Å². The lowest BCUT2D eigenvalue weighted by Crippen LogP contribution is -1.83. The summed E-state index contributed by atoms with van der Waals surface area (Å²) in [6.45, 7) is 6.58. The van der Waals surface area contributed by atoms with E-state index in [0.717, 1.165) is 0 Å². The van der Waals surface area contributed by atoms with Gasteiger partial charge in [-0.25, -0.2) is 0 Å². The Morgan fingerprint density at radius 3 is 2.54 bits per heavy atom. The number of unbranched alkanes of at least 4 members (excludes halogenated alkanes) is 1. The smallest absolute Gasteiger partial charge is 0.00747 e. The molecule has 0 heterocycles. The number of rotatable bonds is 4. The molecule has 0 aliphatic carbocycles. The number of aryl methyl sites for hydroxylation is 2. The third-order valence-corrected chi connectivity index (χ3v) is 3.33. The highest BCUT2D eigenvalue weighted by Crippen LogP contribution is 2.21. The highest BCUT2D eigenvalue weighted by atomic mass is 32.2. The average Bonchev–Trinajstić information content (AvgIpc) is 2.12. The van der Waals surface area contributed by atoms with Gasteiger partial charge in [0.2, 0.25) is 0 Å². The second-order valence-electron chi connectivity index (χ2n) is 3.45. The molecule has 0 atom stereocenters. The van der Waals surface area contributed by atoms with Crippen molar-refractivity contribution in [3.05, 3.63) is 29.3 Å². The fourth-order valence-electron chi connectivity index (χ4n) is 1.14. The first-order valence-corrected chi connectivity index (χ1v) is 5.92. The molecule has 1 aromatic rings. The van der Waals surface area contributed by atoms with Crippen LogP contribution in [0.3, 0.4) is 0 Å². The number of hydrogen-bond donors (Lipinski definition) is 0. The normalized spacial score (nSPS) is 10.4. The Labute approximate surface area is 85.7 Å². The first kappa shape index (κ1) is 10.6. The quantitative estimate of drug-likeness (QED) is 0.511. The van der Waals surface area contributed by atoms with Gasteiger partial charge in [0.15, 0.2) is 0 Å². The van der Waals surface area contributed by atoms with Gasteiger partial charge < -0.3 is 0 Å². The second-order valence-corrected chi connectivity index (χ2v) is 4.62. The van der Waals surface area contributed by atoms with Crippen molar-refractivity contribution in [1.29, 1.82) is 0 Å². The van der Waals surface area contributed by atoms with Crippen LogP contribution >= 0.6 is 11.8 Å². The van der Waals surface area contributed by atoms with Crippen molar-refractivity contribution in [2.45, 2.75) is 38.5 Å². The SMILES string of the molecule is CCCCSc1ccc(C)c(C)c1. The summed E-state index contributed by atoms with van der Waals surface area (Å²) < 4.78 is 0. The summed E-state index contributed by atoms with van der Waals surface area (Å²) in [5, 5.41) is 0. The van der Waals surface area contributed by atoms with E-state index in [2.05, 4.69) is 39.0 Å². The van der Waals surface area contributed by atoms with Gasteiger partial charge in [-0.2, -0.15) is 0 Å². The molecule has 0 fully saturated rings. The van der Waals surface area contributed by atoms with E-state index in [1.807, 2.05) is 11.8 Å². The summed E-state index contributed by atoms with van der Waals surface area (Å²) in [4.78, 5) is 1.41. The zero-order valence-corrected chi connectivity index (χ0v) is 9.58. The van der Waals surface area contributed by atoms with Gasteiger partial charge in [0.1, 0.15) is 0 Å². The predicted octanol–water partition coefficient (Wildman–Crippen LogP) is 4.20. The molecule has 0 saturated heterocycles. The van der Waals surface area contributed by atoms with E-state index in [9.17, 15) is 0 Å². The Hall–Kier alpha value is -0.430. The molecule has 1 rings (SSSR count). The van der Waals surface area contributed by atoms with Crippen LogP contribution in [0.1, 0.15) is 30.9 Å². The number of hydrogen-bond acceptors (Lipinski definition) is 1. The minimum atomic E-state index is 1.25. The van der Waals surface area contributed by atoms with E-state index in [1.54, 1.807) is 0 Å². The molecule has 1 aromatic carbocycles. The van der Waals surface area contributed by atoms with Crippen LogP contribution in [0.4, 0.5) is 0 Å². The fraction of sp³-hybridized carbons (Fsp3) is 0.500. The van der Waals surface area contributed by atoms with Crippen LogP contribution in [0.15, 0.2) is 23.1 Å². The van der Waals surface area contributed by atoms with Crippen molar-refractivity contribution >= 4 is 11.8 Å². The summed E-state index contributed by atoms with van der Waals surface area (Å²) in [6.07, 6.45) is 2.61. The maximum absolute atomic E-state index is 2.29. The van der Waals surface area contributed by atoms with Crippen LogP contribution in [0, 0.1) is 13.8 Å². The van der Waals surface area contributed by atoms with Crippen molar-refractivity contribution in [3.8, 4) is 0 Å².